The minimum atomic E-state index is 0. The minimum absolute atomic E-state index is 0. The van der Waals surface area contributed by atoms with Gasteiger partial charge in [-0.1, -0.05) is 6.42 Å². The molecular weight excluding hydrogens is 447 g/mol. The average molecular weight is 482 g/mol. The smallest absolute Gasteiger partial charge is 0.223 e. The standard InChI is InChI=1S/C18H34N4O3.HI/c1-2-19-18(22-11-5-12-25-16-8-13-24-14-16)21-10-4-9-20-17(23)15-6-3-7-15;/h15-16H,2-14H2,1H3,(H,20,23)(H2,19,21,22);1H. The maximum absolute atomic E-state index is 11.7. The molecular formula is C18H35IN4O3. The van der Waals surface area contributed by atoms with Gasteiger partial charge in [0.05, 0.1) is 12.7 Å². The summed E-state index contributed by atoms with van der Waals surface area (Å²) in [5.74, 6) is 1.31. The number of hydrogen-bond acceptors (Lipinski definition) is 4. The second kappa shape index (κ2) is 14.4. The molecule has 2 fully saturated rings. The Kier molecular flexibility index (Phi) is 13.0. The SMILES string of the molecule is CCNC(=NCCCNC(=O)C1CCC1)NCCCOC1CCOC1.I. The number of amides is 1. The number of rotatable bonds is 11. The Bertz CT molecular complexity index is 413. The number of ether oxygens (including phenoxy) is 2. The van der Waals surface area contributed by atoms with Gasteiger partial charge in [0.2, 0.25) is 5.91 Å². The van der Waals surface area contributed by atoms with E-state index in [1.807, 2.05) is 0 Å². The number of carbonyl (C=O) groups excluding carboxylic acids is 1. The van der Waals surface area contributed by atoms with Gasteiger partial charge in [-0.05, 0) is 39.0 Å². The van der Waals surface area contributed by atoms with E-state index in [0.717, 1.165) is 71.0 Å². The van der Waals surface area contributed by atoms with Gasteiger partial charge in [0.25, 0.3) is 0 Å². The van der Waals surface area contributed by atoms with Crippen molar-refractivity contribution in [3.05, 3.63) is 0 Å². The second-order valence-corrected chi connectivity index (χ2v) is 6.67. The zero-order valence-electron chi connectivity index (χ0n) is 15.9. The molecule has 2 aliphatic rings. The van der Waals surface area contributed by atoms with Crippen LogP contribution in [0.2, 0.25) is 0 Å². The summed E-state index contributed by atoms with van der Waals surface area (Å²) in [5.41, 5.74) is 0. The topological polar surface area (TPSA) is 84.0 Å². The molecule has 0 radical (unpaired) electrons. The largest absolute Gasteiger partial charge is 0.379 e. The van der Waals surface area contributed by atoms with E-state index >= 15 is 0 Å². The van der Waals surface area contributed by atoms with Gasteiger partial charge in [-0.2, -0.15) is 0 Å². The van der Waals surface area contributed by atoms with Gasteiger partial charge in [0.15, 0.2) is 5.96 Å². The van der Waals surface area contributed by atoms with Gasteiger partial charge in [-0.25, -0.2) is 0 Å². The molecule has 152 valence electrons. The van der Waals surface area contributed by atoms with Gasteiger partial charge in [0.1, 0.15) is 0 Å². The quantitative estimate of drug-likeness (QED) is 0.181. The predicted molar refractivity (Wildman–Crippen MR) is 114 cm³/mol. The van der Waals surface area contributed by atoms with Gasteiger partial charge in [-0.3, -0.25) is 9.79 Å². The first kappa shape index (κ1) is 23.4. The number of aliphatic imine (C=N–C) groups is 1. The first-order chi connectivity index (χ1) is 12.3. The maximum Gasteiger partial charge on any atom is 0.223 e. The van der Waals surface area contributed by atoms with Crippen LogP contribution in [0.1, 0.15) is 45.4 Å². The molecule has 1 aliphatic heterocycles. The lowest BCUT2D eigenvalue weighted by atomic mass is 9.85. The lowest BCUT2D eigenvalue weighted by molar-refractivity contribution is -0.127. The summed E-state index contributed by atoms with van der Waals surface area (Å²) in [4.78, 5) is 16.3. The molecule has 1 amide bonds. The first-order valence-electron chi connectivity index (χ1n) is 9.79. The van der Waals surface area contributed by atoms with Crippen LogP contribution in [0.4, 0.5) is 0 Å². The number of guanidine groups is 1. The number of carbonyl (C=O) groups is 1. The summed E-state index contributed by atoms with van der Waals surface area (Å²) in [7, 11) is 0. The van der Waals surface area contributed by atoms with Crippen molar-refractivity contribution in [2.75, 3.05) is 46.0 Å². The third kappa shape index (κ3) is 9.36. The molecule has 0 bridgehead atoms. The van der Waals surface area contributed by atoms with Crippen LogP contribution in [0, 0.1) is 5.92 Å². The van der Waals surface area contributed by atoms with E-state index in [-0.39, 0.29) is 41.9 Å². The van der Waals surface area contributed by atoms with Crippen molar-refractivity contribution in [1.29, 1.82) is 0 Å². The Morgan fingerprint density at radius 1 is 1.15 bits per heavy atom. The summed E-state index contributed by atoms with van der Waals surface area (Å²) in [6.07, 6.45) is 6.38. The van der Waals surface area contributed by atoms with Gasteiger partial charge in [0, 0.05) is 45.3 Å². The molecule has 1 atom stereocenters. The first-order valence-corrected chi connectivity index (χ1v) is 9.79. The van der Waals surface area contributed by atoms with E-state index in [2.05, 4.69) is 27.9 Å². The molecule has 1 unspecified atom stereocenters. The molecule has 1 aliphatic carbocycles. The summed E-state index contributed by atoms with van der Waals surface area (Å²) >= 11 is 0. The van der Waals surface area contributed by atoms with Crippen molar-refractivity contribution in [3.8, 4) is 0 Å². The molecule has 1 saturated heterocycles. The molecule has 1 saturated carbocycles. The predicted octanol–water partition coefficient (Wildman–Crippen LogP) is 1.66. The van der Waals surface area contributed by atoms with E-state index in [1.54, 1.807) is 0 Å². The maximum atomic E-state index is 11.7. The molecule has 2 rings (SSSR count). The summed E-state index contributed by atoms with van der Waals surface area (Å²) in [6, 6.07) is 0. The average Bonchev–Trinajstić information content (AvgIpc) is 3.05. The van der Waals surface area contributed by atoms with Crippen LogP contribution in [-0.4, -0.2) is 64.0 Å². The van der Waals surface area contributed by atoms with E-state index in [9.17, 15) is 4.79 Å². The van der Waals surface area contributed by atoms with Crippen molar-refractivity contribution in [2.45, 2.75) is 51.6 Å². The summed E-state index contributed by atoms with van der Waals surface area (Å²) in [5, 5.41) is 9.57. The van der Waals surface area contributed by atoms with Crippen molar-refractivity contribution in [1.82, 2.24) is 16.0 Å². The fraction of sp³-hybridized carbons (Fsp3) is 0.889. The van der Waals surface area contributed by atoms with Crippen LogP contribution in [0.25, 0.3) is 0 Å². The van der Waals surface area contributed by atoms with Gasteiger partial charge >= 0.3 is 0 Å². The lowest BCUT2D eigenvalue weighted by Gasteiger charge is -2.23. The fourth-order valence-corrected chi connectivity index (χ4v) is 2.81. The van der Waals surface area contributed by atoms with E-state index in [0.29, 0.717) is 13.1 Å². The van der Waals surface area contributed by atoms with Gasteiger partial charge in [-0.15, -0.1) is 24.0 Å². The van der Waals surface area contributed by atoms with Crippen molar-refractivity contribution in [3.63, 3.8) is 0 Å². The third-order valence-corrected chi connectivity index (χ3v) is 4.58. The molecule has 0 aromatic heterocycles. The zero-order chi connectivity index (χ0) is 17.7. The van der Waals surface area contributed by atoms with E-state index in [4.69, 9.17) is 9.47 Å². The molecule has 0 spiro atoms. The van der Waals surface area contributed by atoms with Crippen LogP contribution < -0.4 is 16.0 Å². The molecule has 26 heavy (non-hydrogen) atoms. The van der Waals surface area contributed by atoms with Crippen molar-refractivity contribution in [2.24, 2.45) is 10.9 Å². The minimum Gasteiger partial charge on any atom is -0.379 e. The molecule has 0 aromatic rings. The monoisotopic (exact) mass is 482 g/mol. The normalized spacial score (nSPS) is 20.2. The molecule has 7 nitrogen and oxygen atoms in total. The Morgan fingerprint density at radius 3 is 2.62 bits per heavy atom. The number of halogens is 1. The van der Waals surface area contributed by atoms with E-state index < -0.39 is 0 Å². The molecule has 3 N–H and O–H groups in total. The van der Waals surface area contributed by atoms with Crippen LogP contribution in [-0.2, 0) is 14.3 Å². The van der Waals surface area contributed by atoms with E-state index in [1.165, 1.54) is 6.42 Å². The Morgan fingerprint density at radius 2 is 1.96 bits per heavy atom. The highest BCUT2D eigenvalue weighted by atomic mass is 127. The molecule has 1 heterocycles. The highest BCUT2D eigenvalue weighted by molar-refractivity contribution is 14.0. The highest BCUT2D eigenvalue weighted by Gasteiger charge is 2.24. The van der Waals surface area contributed by atoms with Crippen LogP contribution in [0.15, 0.2) is 4.99 Å². The lowest BCUT2D eigenvalue weighted by Crippen LogP contribution is -2.38. The Labute approximate surface area is 174 Å². The van der Waals surface area contributed by atoms with Crippen LogP contribution in [0.5, 0.6) is 0 Å². The van der Waals surface area contributed by atoms with Crippen LogP contribution in [0.3, 0.4) is 0 Å². The summed E-state index contributed by atoms with van der Waals surface area (Å²) < 4.78 is 11.0. The zero-order valence-corrected chi connectivity index (χ0v) is 18.3. The number of nitrogens with zero attached hydrogens (tertiary/aromatic N) is 1. The molecule has 0 aromatic carbocycles. The third-order valence-electron chi connectivity index (χ3n) is 4.58. The second-order valence-electron chi connectivity index (χ2n) is 6.67. The fourth-order valence-electron chi connectivity index (χ4n) is 2.81. The molecule has 8 heteroatoms. The highest BCUT2D eigenvalue weighted by Crippen LogP contribution is 2.25. The Balaban J connectivity index is 0.00000338. The van der Waals surface area contributed by atoms with Crippen molar-refractivity contribution >= 4 is 35.8 Å². The number of nitrogens with one attached hydrogen (secondary N) is 3. The number of hydrogen-bond donors (Lipinski definition) is 3. The summed E-state index contributed by atoms with van der Waals surface area (Å²) in [6.45, 7) is 7.42. The Hall–Kier alpha value is -0.610. The van der Waals surface area contributed by atoms with Crippen molar-refractivity contribution < 1.29 is 14.3 Å². The van der Waals surface area contributed by atoms with Crippen LogP contribution >= 0.6 is 24.0 Å². The van der Waals surface area contributed by atoms with Gasteiger partial charge < -0.3 is 25.4 Å².